The van der Waals surface area contributed by atoms with Crippen molar-refractivity contribution in [2.24, 2.45) is 5.73 Å². The van der Waals surface area contributed by atoms with Crippen LogP contribution in [0, 0.1) is 0 Å². The lowest BCUT2D eigenvalue weighted by molar-refractivity contribution is -0.121. The number of nitrogens with zero attached hydrogens (tertiary/aromatic N) is 2. The Kier molecular flexibility index (Phi) is 11.1. The van der Waals surface area contributed by atoms with Crippen LogP contribution in [0.1, 0.15) is 31.2 Å². The Morgan fingerprint density at radius 3 is 2.67 bits per heavy atom. The molecule has 1 unspecified atom stereocenters. The Morgan fingerprint density at radius 2 is 2.00 bits per heavy atom. The number of benzene rings is 1. The summed E-state index contributed by atoms with van der Waals surface area (Å²) in [4.78, 5) is 16.0. The van der Waals surface area contributed by atoms with Gasteiger partial charge < -0.3 is 15.6 Å². The molecule has 1 atom stereocenters. The largest absolute Gasteiger partial charge is 0.349 e. The highest BCUT2D eigenvalue weighted by molar-refractivity contribution is 5.85. The predicted octanol–water partition coefficient (Wildman–Crippen LogP) is 2.71. The molecule has 0 fully saturated rings. The number of aryl methyl sites for hydroxylation is 2. The minimum absolute atomic E-state index is 0. The van der Waals surface area contributed by atoms with Gasteiger partial charge in [-0.2, -0.15) is 0 Å². The van der Waals surface area contributed by atoms with Gasteiger partial charge in [-0.15, -0.1) is 24.8 Å². The maximum absolute atomic E-state index is 11.7. The van der Waals surface area contributed by atoms with Crippen LogP contribution in [-0.4, -0.2) is 21.5 Å². The van der Waals surface area contributed by atoms with Crippen LogP contribution in [0.3, 0.4) is 0 Å². The topological polar surface area (TPSA) is 72.9 Å². The van der Waals surface area contributed by atoms with E-state index in [1.54, 1.807) is 6.20 Å². The van der Waals surface area contributed by atoms with Crippen LogP contribution >= 0.6 is 24.8 Å². The molecule has 0 saturated heterocycles. The van der Waals surface area contributed by atoms with Crippen LogP contribution in [0.15, 0.2) is 42.7 Å². The molecule has 24 heavy (non-hydrogen) atoms. The molecule has 1 amide bonds. The van der Waals surface area contributed by atoms with Gasteiger partial charge in [0.05, 0.1) is 6.54 Å². The van der Waals surface area contributed by atoms with E-state index >= 15 is 0 Å². The molecule has 1 aromatic heterocycles. The Morgan fingerprint density at radius 1 is 1.29 bits per heavy atom. The number of nitrogens with one attached hydrogen (secondary N) is 1. The molecule has 1 aromatic carbocycles. The number of imidazole rings is 1. The van der Waals surface area contributed by atoms with Crippen molar-refractivity contribution in [3.05, 3.63) is 54.1 Å². The van der Waals surface area contributed by atoms with E-state index in [4.69, 9.17) is 5.73 Å². The number of hydrogen-bond donors (Lipinski definition) is 2. The van der Waals surface area contributed by atoms with Gasteiger partial charge in [-0.1, -0.05) is 30.3 Å². The lowest BCUT2D eigenvalue weighted by Gasteiger charge is -2.10. The third-order valence-corrected chi connectivity index (χ3v) is 3.56. The van der Waals surface area contributed by atoms with E-state index < -0.39 is 0 Å². The second-order valence-electron chi connectivity index (χ2n) is 5.57. The number of halogens is 2. The zero-order valence-electron chi connectivity index (χ0n) is 13.9. The van der Waals surface area contributed by atoms with E-state index in [1.165, 1.54) is 5.56 Å². The molecule has 7 heteroatoms. The maximum Gasteiger partial charge on any atom is 0.220 e. The van der Waals surface area contributed by atoms with Crippen LogP contribution < -0.4 is 11.1 Å². The minimum Gasteiger partial charge on any atom is -0.349 e. The normalized spacial score (nSPS) is 11.1. The smallest absolute Gasteiger partial charge is 0.220 e. The van der Waals surface area contributed by atoms with E-state index in [0.717, 1.165) is 18.8 Å². The minimum atomic E-state index is 0. The average molecular weight is 373 g/mol. The van der Waals surface area contributed by atoms with E-state index in [1.807, 2.05) is 31.3 Å². The van der Waals surface area contributed by atoms with E-state index in [0.29, 0.717) is 19.4 Å². The van der Waals surface area contributed by atoms with Gasteiger partial charge >= 0.3 is 0 Å². The summed E-state index contributed by atoms with van der Waals surface area (Å²) in [5.41, 5.74) is 6.95. The highest BCUT2D eigenvalue weighted by Crippen LogP contribution is 2.04. The Hall–Kier alpha value is -1.56. The number of amides is 1. The summed E-state index contributed by atoms with van der Waals surface area (Å²) >= 11 is 0. The third-order valence-electron chi connectivity index (χ3n) is 3.56. The van der Waals surface area contributed by atoms with Crippen molar-refractivity contribution in [1.82, 2.24) is 14.9 Å². The SMILES string of the molecule is CC(N)CCC(=O)NCc1nccn1CCc1ccccc1.Cl.Cl. The highest BCUT2D eigenvalue weighted by Gasteiger charge is 2.07. The predicted molar refractivity (Wildman–Crippen MR) is 102 cm³/mol. The number of hydrogen-bond acceptors (Lipinski definition) is 3. The number of carbonyl (C=O) groups is 1. The van der Waals surface area contributed by atoms with Gasteiger partial charge in [0.25, 0.3) is 0 Å². The van der Waals surface area contributed by atoms with Crippen molar-refractivity contribution < 1.29 is 4.79 Å². The molecule has 2 rings (SSSR count). The number of carbonyl (C=O) groups excluding carboxylic acids is 1. The van der Waals surface area contributed by atoms with Gasteiger partial charge in [-0.05, 0) is 25.3 Å². The van der Waals surface area contributed by atoms with Gasteiger partial charge in [0.2, 0.25) is 5.91 Å². The monoisotopic (exact) mass is 372 g/mol. The van der Waals surface area contributed by atoms with Gasteiger partial charge in [0.15, 0.2) is 0 Å². The van der Waals surface area contributed by atoms with Crippen LogP contribution in [0.5, 0.6) is 0 Å². The molecule has 0 bridgehead atoms. The number of rotatable bonds is 8. The van der Waals surface area contributed by atoms with Crippen LogP contribution in [-0.2, 0) is 24.3 Å². The standard InChI is InChI=1S/C17H24N4O.2ClH/c1-14(18)7-8-17(22)20-13-16-19-10-12-21(16)11-9-15-5-3-2-4-6-15;;/h2-6,10,12,14H,7-9,11,13,18H2,1H3,(H,20,22);2*1H. The molecule has 0 saturated carbocycles. The van der Waals surface area contributed by atoms with E-state index in [2.05, 4.69) is 27.0 Å². The van der Waals surface area contributed by atoms with Crippen LogP contribution in [0.4, 0.5) is 0 Å². The Bertz CT molecular complexity index is 587. The molecular formula is C17H26Cl2N4O. The summed E-state index contributed by atoms with van der Waals surface area (Å²) in [5.74, 6) is 0.903. The summed E-state index contributed by atoms with van der Waals surface area (Å²) in [6.45, 7) is 3.22. The Balaban J connectivity index is 0.00000264. The number of nitrogens with two attached hydrogens (primary N) is 1. The summed E-state index contributed by atoms with van der Waals surface area (Å²) < 4.78 is 2.08. The van der Waals surface area contributed by atoms with Crippen molar-refractivity contribution >= 4 is 30.7 Å². The first-order valence-corrected chi connectivity index (χ1v) is 7.71. The molecule has 0 spiro atoms. The molecule has 1 heterocycles. The van der Waals surface area contributed by atoms with Gasteiger partial charge in [-0.25, -0.2) is 4.98 Å². The molecule has 0 aliphatic carbocycles. The molecule has 3 N–H and O–H groups in total. The van der Waals surface area contributed by atoms with Crippen LogP contribution in [0.2, 0.25) is 0 Å². The first-order valence-electron chi connectivity index (χ1n) is 7.71. The van der Waals surface area contributed by atoms with Gasteiger partial charge in [0.1, 0.15) is 5.82 Å². The first kappa shape index (κ1) is 22.4. The zero-order valence-corrected chi connectivity index (χ0v) is 15.5. The summed E-state index contributed by atoms with van der Waals surface area (Å²) in [6.07, 6.45) is 5.83. The fraction of sp³-hybridized carbons (Fsp3) is 0.412. The molecule has 0 aliphatic heterocycles. The second kappa shape index (κ2) is 11.9. The lowest BCUT2D eigenvalue weighted by atomic mass is 10.1. The zero-order chi connectivity index (χ0) is 15.8. The number of aromatic nitrogens is 2. The van der Waals surface area contributed by atoms with Crippen molar-refractivity contribution in [1.29, 1.82) is 0 Å². The maximum atomic E-state index is 11.7. The lowest BCUT2D eigenvalue weighted by Crippen LogP contribution is -2.26. The summed E-state index contributed by atoms with van der Waals surface area (Å²) in [5, 5.41) is 2.90. The molecule has 2 aromatic rings. The third kappa shape index (κ3) is 7.81. The fourth-order valence-corrected chi connectivity index (χ4v) is 2.23. The molecular weight excluding hydrogens is 347 g/mol. The second-order valence-corrected chi connectivity index (χ2v) is 5.57. The molecule has 134 valence electrons. The average Bonchev–Trinajstić information content (AvgIpc) is 2.97. The van der Waals surface area contributed by atoms with Crippen LogP contribution in [0.25, 0.3) is 0 Å². The first-order chi connectivity index (χ1) is 10.6. The van der Waals surface area contributed by atoms with E-state index in [-0.39, 0.29) is 36.8 Å². The van der Waals surface area contributed by atoms with Crippen molar-refractivity contribution in [2.45, 2.75) is 45.3 Å². The van der Waals surface area contributed by atoms with Gasteiger partial charge in [-0.3, -0.25) is 4.79 Å². The van der Waals surface area contributed by atoms with Gasteiger partial charge in [0, 0.05) is 31.4 Å². The Labute approximate surface area is 155 Å². The fourth-order valence-electron chi connectivity index (χ4n) is 2.23. The van der Waals surface area contributed by atoms with E-state index in [9.17, 15) is 4.79 Å². The van der Waals surface area contributed by atoms with Crippen molar-refractivity contribution in [3.8, 4) is 0 Å². The molecule has 5 nitrogen and oxygen atoms in total. The molecule has 0 aliphatic rings. The summed E-state index contributed by atoms with van der Waals surface area (Å²) in [7, 11) is 0. The quantitative estimate of drug-likeness (QED) is 0.747. The highest BCUT2D eigenvalue weighted by atomic mass is 35.5. The summed E-state index contributed by atoms with van der Waals surface area (Å²) in [6, 6.07) is 10.4. The van der Waals surface area contributed by atoms with Crippen molar-refractivity contribution in [3.63, 3.8) is 0 Å². The molecule has 0 radical (unpaired) electrons. The van der Waals surface area contributed by atoms with Crippen molar-refractivity contribution in [2.75, 3.05) is 0 Å².